The lowest BCUT2D eigenvalue weighted by atomic mass is 9.88. The number of esters is 1. The van der Waals surface area contributed by atoms with Gasteiger partial charge in [0.2, 0.25) is 0 Å². The topological polar surface area (TPSA) is 61.5 Å². The van der Waals surface area contributed by atoms with Crippen molar-refractivity contribution in [1.82, 2.24) is 0 Å². The zero-order valence-electron chi connectivity index (χ0n) is 10.8. The summed E-state index contributed by atoms with van der Waals surface area (Å²) < 4.78 is 10.2. The number of carbonyl (C=O) groups is 1. The third-order valence-electron chi connectivity index (χ3n) is 3.32. The van der Waals surface area contributed by atoms with Gasteiger partial charge in [0.15, 0.2) is 6.10 Å². The molecule has 0 amide bonds. The van der Waals surface area contributed by atoms with Crippen LogP contribution < -0.4 is 10.5 Å². The molecule has 18 heavy (non-hydrogen) atoms. The SMILES string of the molecule is COC(=O)C(C)Oc1ccc2c(c1)[C@H](N)CCC2. The molecule has 1 aromatic carbocycles. The van der Waals surface area contributed by atoms with Crippen LogP contribution in [0.4, 0.5) is 0 Å². The molecular formula is C14H19NO3. The van der Waals surface area contributed by atoms with Gasteiger partial charge < -0.3 is 15.2 Å². The third-order valence-corrected chi connectivity index (χ3v) is 3.32. The Balaban J connectivity index is 2.15. The highest BCUT2D eigenvalue weighted by Gasteiger charge is 2.19. The molecule has 2 N–H and O–H groups in total. The molecule has 1 unspecified atom stereocenters. The van der Waals surface area contributed by atoms with Crippen LogP contribution in [0.25, 0.3) is 0 Å². The maximum absolute atomic E-state index is 11.3. The van der Waals surface area contributed by atoms with E-state index in [2.05, 4.69) is 4.74 Å². The molecule has 0 aliphatic heterocycles. The number of hydrogen-bond acceptors (Lipinski definition) is 4. The second-order valence-electron chi connectivity index (χ2n) is 4.64. The Hall–Kier alpha value is -1.55. The van der Waals surface area contributed by atoms with Crippen LogP contribution in [0.15, 0.2) is 18.2 Å². The Morgan fingerprint density at radius 1 is 1.50 bits per heavy atom. The molecule has 0 saturated carbocycles. The van der Waals surface area contributed by atoms with E-state index >= 15 is 0 Å². The maximum atomic E-state index is 11.3. The first-order chi connectivity index (χ1) is 8.61. The fourth-order valence-electron chi connectivity index (χ4n) is 2.31. The maximum Gasteiger partial charge on any atom is 0.346 e. The Bertz CT molecular complexity index is 445. The normalized spacial score (nSPS) is 19.8. The number of methoxy groups -OCH3 is 1. The van der Waals surface area contributed by atoms with Crippen molar-refractivity contribution in [2.24, 2.45) is 5.73 Å². The van der Waals surface area contributed by atoms with Crippen molar-refractivity contribution < 1.29 is 14.3 Å². The minimum Gasteiger partial charge on any atom is -0.479 e. The summed E-state index contributed by atoms with van der Waals surface area (Å²) in [5.41, 5.74) is 8.50. The summed E-state index contributed by atoms with van der Waals surface area (Å²) in [6, 6.07) is 5.94. The summed E-state index contributed by atoms with van der Waals surface area (Å²) in [4.78, 5) is 11.3. The van der Waals surface area contributed by atoms with E-state index in [4.69, 9.17) is 10.5 Å². The molecule has 2 atom stereocenters. The zero-order chi connectivity index (χ0) is 13.1. The molecular weight excluding hydrogens is 230 g/mol. The molecule has 0 saturated heterocycles. The predicted octanol–water partition coefficient (Wildman–Crippen LogP) is 1.96. The average molecular weight is 249 g/mol. The van der Waals surface area contributed by atoms with Gasteiger partial charge in [-0.1, -0.05) is 6.07 Å². The Kier molecular flexibility index (Phi) is 3.87. The number of rotatable bonds is 3. The fraction of sp³-hybridized carbons (Fsp3) is 0.500. The number of benzene rings is 1. The monoisotopic (exact) mass is 249 g/mol. The lowest BCUT2D eigenvalue weighted by Crippen LogP contribution is -2.25. The van der Waals surface area contributed by atoms with Crippen LogP contribution in [0.1, 0.15) is 36.9 Å². The summed E-state index contributed by atoms with van der Waals surface area (Å²) in [5.74, 6) is 0.293. The lowest BCUT2D eigenvalue weighted by Gasteiger charge is -2.23. The number of hydrogen-bond donors (Lipinski definition) is 1. The van der Waals surface area contributed by atoms with E-state index in [0.29, 0.717) is 5.75 Å². The van der Waals surface area contributed by atoms with Crippen LogP contribution >= 0.6 is 0 Å². The summed E-state index contributed by atoms with van der Waals surface area (Å²) in [6.45, 7) is 1.67. The second kappa shape index (κ2) is 5.40. The molecule has 0 radical (unpaired) electrons. The summed E-state index contributed by atoms with van der Waals surface area (Å²) in [6.07, 6.45) is 2.60. The molecule has 0 aromatic heterocycles. The Morgan fingerprint density at radius 3 is 3.00 bits per heavy atom. The summed E-state index contributed by atoms with van der Waals surface area (Å²) in [5, 5.41) is 0. The Labute approximate surface area is 107 Å². The van der Waals surface area contributed by atoms with E-state index in [-0.39, 0.29) is 12.0 Å². The van der Waals surface area contributed by atoms with Gasteiger partial charge in [0, 0.05) is 6.04 Å². The van der Waals surface area contributed by atoms with E-state index in [1.165, 1.54) is 12.7 Å². The minimum atomic E-state index is -0.604. The molecule has 1 aromatic rings. The summed E-state index contributed by atoms with van der Waals surface area (Å²) >= 11 is 0. The quantitative estimate of drug-likeness (QED) is 0.832. The van der Waals surface area contributed by atoms with Gasteiger partial charge in [0.05, 0.1) is 7.11 Å². The average Bonchev–Trinajstić information content (AvgIpc) is 2.38. The van der Waals surface area contributed by atoms with Crippen molar-refractivity contribution >= 4 is 5.97 Å². The highest BCUT2D eigenvalue weighted by atomic mass is 16.6. The van der Waals surface area contributed by atoms with Gasteiger partial charge in [-0.15, -0.1) is 0 Å². The molecule has 4 nitrogen and oxygen atoms in total. The number of carbonyl (C=O) groups excluding carboxylic acids is 1. The van der Waals surface area contributed by atoms with E-state index < -0.39 is 6.10 Å². The van der Waals surface area contributed by atoms with Crippen LogP contribution in [-0.2, 0) is 16.0 Å². The fourth-order valence-corrected chi connectivity index (χ4v) is 2.31. The van der Waals surface area contributed by atoms with Crippen LogP contribution in [0, 0.1) is 0 Å². The second-order valence-corrected chi connectivity index (χ2v) is 4.64. The van der Waals surface area contributed by atoms with Crippen LogP contribution in [-0.4, -0.2) is 19.2 Å². The first kappa shape index (κ1) is 12.9. The third kappa shape index (κ3) is 2.64. The predicted molar refractivity (Wildman–Crippen MR) is 68.4 cm³/mol. The van der Waals surface area contributed by atoms with Gasteiger partial charge in [-0.05, 0) is 49.4 Å². The van der Waals surface area contributed by atoms with Gasteiger partial charge >= 0.3 is 5.97 Å². The van der Waals surface area contributed by atoms with Crippen LogP contribution in [0.2, 0.25) is 0 Å². The van der Waals surface area contributed by atoms with Crippen molar-refractivity contribution in [2.75, 3.05) is 7.11 Å². The van der Waals surface area contributed by atoms with Gasteiger partial charge in [-0.2, -0.15) is 0 Å². The standard InChI is InChI=1S/C14H19NO3/c1-9(14(16)17-2)18-11-7-6-10-4-3-5-13(15)12(10)8-11/h6-9,13H,3-5,15H2,1-2H3/t9?,13-/m1/s1. The van der Waals surface area contributed by atoms with Gasteiger partial charge in [0.1, 0.15) is 5.75 Å². The van der Waals surface area contributed by atoms with E-state index in [0.717, 1.165) is 24.8 Å². The molecule has 2 rings (SSSR count). The van der Waals surface area contributed by atoms with Crippen LogP contribution in [0.5, 0.6) is 5.75 Å². The van der Waals surface area contributed by atoms with Crippen molar-refractivity contribution in [1.29, 1.82) is 0 Å². The smallest absolute Gasteiger partial charge is 0.346 e. The lowest BCUT2D eigenvalue weighted by molar-refractivity contribution is -0.147. The van der Waals surface area contributed by atoms with E-state index in [1.807, 2.05) is 18.2 Å². The zero-order valence-corrected chi connectivity index (χ0v) is 10.8. The minimum absolute atomic E-state index is 0.0748. The number of nitrogens with two attached hydrogens (primary N) is 1. The number of fused-ring (bicyclic) bond motifs is 1. The number of aryl methyl sites for hydroxylation is 1. The molecule has 0 spiro atoms. The van der Waals surface area contributed by atoms with Gasteiger partial charge in [0.25, 0.3) is 0 Å². The molecule has 0 bridgehead atoms. The molecule has 4 heteroatoms. The highest BCUT2D eigenvalue weighted by Crippen LogP contribution is 2.31. The van der Waals surface area contributed by atoms with Crippen molar-refractivity contribution in [3.63, 3.8) is 0 Å². The van der Waals surface area contributed by atoms with Crippen molar-refractivity contribution in [2.45, 2.75) is 38.3 Å². The largest absolute Gasteiger partial charge is 0.479 e. The van der Waals surface area contributed by atoms with Crippen molar-refractivity contribution in [3.8, 4) is 5.75 Å². The first-order valence-corrected chi connectivity index (χ1v) is 6.24. The van der Waals surface area contributed by atoms with E-state index in [1.54, 1.807) is 6.92 Å². The van der Waals surface area contributed by atoms with E-state index in [9.17, 15) is 4.79 Å². The summed E-state index contributed by atoms with van der Waals surface area (Å²) in [7, 11) is 1.35. The first-order valence-electron chi connectivity index (χ1n) is 6.24. The molecule has 98 valence electrons. The molecule has 0 fully saturated rings. The molecule has 1 aliphatic rings. The highest BCUT2D eigenvalue weighted by molar-refractivity contribution is 5.74. The number of ether oxygens (including phenoxy) is 2. The molecule has 1 aliphatic carbocycles. The van der Waals surface area contributed by atoms with Crippen molar-refractivity contribution in [3.05, 3.63) is 29.3 Å². The van der Waals surface area contributed by atoms with Crippen LogP contribution in [0.3, 0.4) is 0 Å². The van der Waals surface area contributed by atoms with Gasteiger partial charge in [-0.25, -0.2) is 4.79 Å². The van der Waals surface area contributed by atoms with Gasteiger partial charge in [-0.3, -0.25) is 0 Å². The molecule has 0 heterocycles. The Morgan fingerprint density at radius 2 is 2.28 bits per heavy atom.